The van der Waals surface area contributed by atoms with Gasteiger partial charge in [-0.15, -0.1) is 0 Å². The van der Waals surface area contributed by atoms with Crippen molar-refractivity contribution in [3.63, 3.8) is 0 Å². The van der Waals surface area contributed by atoms with E-state index in [0.717, 1.165) is 37.5 Å². The number of aryl methyl sites for hydroxylation is 2. The largest absolute Gasteiger partial charge is 0.327 e. The molecule has 0 fully saturated rings. The SMILES string of the molecule is Cc1ccccc1Cc1nc2n(n1)CCC(N)C2. The van der Waals surface area contributed by atoms with E-state index in [0.29, 0.717) is 0 Å². The molecule has 0 aliphatic carbocycles. The van der Waals surface area contributed by atoms with E-state index in [9.17, 15) is 0 Å². The van der Waals surface area contributed by atoms with Crippen LogP contribution in [-0.4, -0.2) is 20.8 Å². The average molecular weight is 242 g/mol. The zero-order chi connectivity index (χ0) is 12.5. The molecule has 0 radical (unpaired) electrons. The number of nitrogens with two attached hydrogens (primary N) is 1. The topological polar surface area (TPSA) is 56.7 Å². The van der Waals surface area contributed by atoms with Crippen LogP contribution in [0.1, 0.15) is 29.2 Å². The van der Waals surface area contributed by atoms with Gasteiger partial charge in [0.15, 0.2) is 5.82 Å². The van der Waals surface area contributed by atoms with Gasteiger partial charge in [-0.05, 0) is 24.5 Å². The Morgan fingerprint density at radius 2 is 2.22 bits per heavy atom. The highest BCUT2D eigenvalue weighted by Crippen LogP contribution is 2.15. The summed E-state index contributed by atoms with van der Waals surface area (Å²) in [5.41, 5.74) is 8.54. The Bertz CT molecular complexity index is 559. The second-order valence-corrected chi connectivity index (χ2v) is 5.02. The third kappa shape index (κ3) is 2.16. The summed E-state index contributed by atoms with van der Waals surface area (Å²) in [5, 5.41) is 4.57. The highest BCUT2D eigenvalue weighted by Gasteiger charge is 2.19. The van der Waals surface area contributed by atoms with Crippen molar-refractivity contribution in [3.05, 3.63) is 47.0 Å². The lowest BCUT2D eigenvalue weighted by molar-refractivity contribution is 0.432. The molecule has 1 unspecified atom stereocenters. The van der Waals surface area contributed by atoms with Gasteiger partial charge < -0.3 is 5.73 Å². The molecular weight excluding hydrogens is 224 g/mol. The normalized spacial score (nSPS) is 18.7. The molecule has 94 valence electrons. The Hall–Kier alpha value is -1.68. The van der Waals surface area contributed by atoms with Crippen LogP contribution in [-0.2, 0) is 19.4 Å². The number of nitrogens with zero attached hydrogens (tertiary/aromatic N) is 3. The Balaban J connectivity index is 1.84. The first kappa shape index (κ1) is 11.4. The number of aromatic nitrogens is 3. The minimum Gasteiger partial charge on any atom is -0.327 e. The fourth-order valence-electron chi connectivity index (χ4n) is 2.43. The summed E-state index contributed by atoms with van der Waals surface area (Å²) in [4.78, 5) is 4.61. The highest BCUT2D eigenvalue weighted by atomic mass is 15.4. The van der Waals surface area contributed by atoms with Gasteiger partial charge in [-0.3, -0.25) is 0 Å². The molecule has 0 spiro atoms. The smallest absolute Gasteiger partial charge is 0.155 e. The van der Waals surface area contributed by atoms with Crippen LogP contribution in [0.2, 0.25) is 0 Å². The van der Waals surface area contributed by atoms with Crippen LogP contribution in [0, 0.1) is 6.92 Å². The molecule has 1 aliphatic heterocycles. The molecule has 1 aromatic heterocycles. The number of hydrogen-bond donors (Lipinski definition) is 1. The van der Waals surface area contributed by atoms with Crippen LogP contribution < -0.4 is 5.73 Å². The molecule has 0 amide bonds. The highest BCUT2D eigenvalue weighted by molar-refractivity contribution is 5.28. The predicted molar refractivity (Wildman–Crippen MR) is 70.3 cm³/mol. The molecule has 0 saturated carbocycles. The van der Waals surface area contributed by atoms with E-state index in [1.165, 1.54) is 11.1 Å². The fourth-order valence-corrected chi connectivity index (χ4v) is 2.43. The molecule has 1 atom stereocenters. The molecule has 18 heavy (non-hydrogen) atoms. The third-order valence-electron chi connectivity index (χ3n) is 3.56. The van der Waals surface area contributed by atoms with Gasteiger partial charge in [0.05, 0.1) is 0 Å². The van der Waals surface area contributed by atoms with Crippen molar-refractivity contribution in [1.82, 2.24) is 14.8 Å². The van der Waals surface area contributed by atoms with E-state index in [4.69, 9.17) is 5.73 Å². The third-order valence-corrected chi connectivity index (χ3v) is 3.56. The maximum absolute atomic E-state index is 5.95. The van der Waals surface area contributed by atoms with E-state index in [2.05, 4.69) is 41.3 Å². The second-order valence-electron chi connectivity index (χ2n) is 5.02. The maximum Gasteiger partial charge on any atom is 0.155 e. The minimum atomic E-state index is 0.244. The van der Waals surface area contributed by atoms with Crippen LogP contribution >= 0.6 is 0 Å². The summed E-state index contributed by atoms with van der Waals surface area (Å²) in [6.45, 7) is 3.03. The molecule has 0 bridgehead atoms. The van der Waals surface area contributed by atoms with Gasteiger partial charge in [0, 0.05) is 25.4 Å². The van der Waals surface area contributed by atoms with E-state index in [1.807, 2.05) is 4.68 Å². The van der Waals surface area contributed by atoms with Crippen molar-refractivity contribution in [2.24, 2.45) is 5.73 Å². The van der Waals surface area contributed by atoms with E-state index in [-0.39, 0.29) is 6.04 Å². The van der Waals surface area contributed by atoms with Gasteiger partial charge in [0.1, 0.15) is 5.82 Å². The maximum atomic E-state index is 5.95. The summed E-state index contributed by atoms with van der Waals surface area (Å²) in [6, 6.07) is 8.63. The van der Waals surface area contributed by atoms with Crippen LogP contribution in [0.4, 0.5) is 0 Å². The van der Waals surface area contributed by atoms with E-state index < -0.39 is 0 Å². The standard InChI is InChI=1S/C14H18N4/c1-10-4-2-3-5-11(10)8-13-16-14-9-12(15)6-7-18(14)17-13/h2-5,12H,6-9,15H2,1H3. The van der Waals surface area contributed by atoms with Crippen molar-refractivity contribution >= 4 is 0 Å². The molecule has 4 nitrogen and oxygen atoms in total. The molecule has 4 heteroatoms. The molecule has 3 rings (SSSR count). The van der Waals surface area contributed by atoms with Crippen LogP contribution in [0.25, 0.3) is 0 Å². The molecule has 1 aliphatic rings. The Labute approximate surface area is 107 Å². The zero-order valence-electron chi connectivity index (χ0n) is 10.6. The van der Waals surface area contributed by atoms with Crippen LogP contribution in [0.15, 0.2) is 24.3 Å². The molecule has 2 N–H and O–H groups in total. The predicted octanol–water partition coefficient (Wildman–Crippen LogP) is 1.45. The van der Waals surface area contributed by atoms with Gasteiger partial charge in [0.25, 0.3) is 0 Å². The van der Waals surface area contributed by atoms with Gasteiger partial charge >= 0.3 is 0 Å². The van der Waals surface area contributed by atoms with Crippen molar-refractivity contribution < 1.29 is 0 Å². The molecule has 2 heterocycles. The number of hydrogen-bond acceptors (Lipinski definition) is 3. The summed E-state index contributed by atoms with van der Waals surface area (Å²) in [5.74, 6) is 1.95. The summed E-state index contributed by atoms with van der Waals surface area (Å²) < 4.78 is 2.01. The lowest BCUT2D eigenvalue weighted by Gasteiger charge is -2.17. The first-order valence-corrected chi connectivity index (χ1v) is 6.45. The lowest BCUT2D eigenvalue weighted by atomic mass is 10.1. The van der Waals surface area contributed by atoms with Gasteiger partial charge in [-0.1, -0.05) is 24.3 Å². The number of rotatable bonds is 2. The quantitative estimate of drug-likeness (QED) is 0.867. The van der Waals surface area contributed by atoms with Crippen molar-refractivity contribution in [2.45, 2.75) is 38.8 Å². The number of benzene rings is 1. The fraction of sp³-hybridized carbons (Fsp3) is 0.429. The Morgan fingerprint density at radius 1 is 1.39 bits per heavy atom. The van der Waals surface area contributed by atoms with Crippen LogP contribution in [0.5, 0.6) is 0 Å². The summed E-state index contributed by atoms with van der Waals surface area (Å²) >= 11 is 0. The van der Waals surface area contributed by atoms with E-state index in [1.54, 1.807) is 0 Å². The zero-order valence-corrected chi connectivity index (χ0v) is 10.6. The van der Waals surface area contributed by atoms with Gasteiger partial charge in [-0.2, -0.15) is 5.10 Å². The van der Waals surface area contributed by atoms with Crippen molar-refractivity contribution in [3.8, 4) is 0 Å². The summed E-state index contributed by atoms with van der Waals surface area (Å²) in [6.07, 6.45) is 2.66. The minimum absolute atomic E-state index is 0.244. The average Bonchev–Trinajstić information content (AvgIpc) is 2.73. The van der Waals surface area contributed by atoms with Crippen LogP contribution in [0.3, 0.4) is 0 Å². The molecular formula is C14H18N4. The van der Waals surface area contributed by atoms with Gasteiger partial charge in [-0.25, -0.2) is 9.67 Å². The Morgan fingerprint density at radius 3 is 3.06 bits per heavy atom. The van der Waals surface area contributed by atoms with Gasteiger partial charge in [0.2, 0.25) is 0 Å². The Kier molecular flexibility index (Phi) is 2.88. The lowest BCUT2D eigenvalue weighted by Crippen LogP contribution is -2.31. The molecule has 1 aromatic carbocycles. The monoisotopic (exact) mass is 242 g/mol. The first-order chi connectivity index (χ1) is 8.72. The second kappa shape index (κ2) is 4.53. The molecule has 2 aromatic rings. The van der Waals surface area contributed by atoms with E-state index >= 15 is 0 Å². The molecule has 0 saturated heterocycles. The first-order valence-electron chi connectivity index (χ1n) is 6.45. The summed E-state index contributed by atoms with van der Waals surface area (Å²) in [7, 11) is 0. The van der Waals surface area contributed by atoms with Crippen molar-refractivity contribution in [2.75, 3.05) is 0 Å². The number of fused-ring (bicyclic) bond motifs is 1. The van der Waals surface area contributed by atoms with Crippen molar-refractivity contribution in [1.29, 1.82) is 0 Å².